The van der Waals surface area contributed by atoms with Crippen LogP contribution < -0.4 is 0 Å². The highest BCUT2D eigenvalue weighted by atomic mass is 19.1. The van der Waals surface area contributed by atoms with Gasteiger partial charge in [0.1, 0.15) is 5.82 Å². The van der Waals surface area contributed by atoms with E-state index in [2.05, 4.69) is 4.98 Å². The van der Waals surface area contributed by atoms with E-state index in [0.717, 1.165) is 0 Å². The lowest BCUT2D eigenvalue weighted by molar-refractivity contribution is -0.139. The fraction of sp³-hybridized carbons (Fsp3) is 0.280. The van der Waals surface area contributed by atoms with Gasteiger partial charge in [0.25, 0.3) is 0 Å². The van der Waals surface area contributed by atoms with Gasteiger partial charge in [-0.05, 0) is 36.5 Å². The number of pyridine rings is 1. The molecule has 4 rings (SSSR count). The van der Waals surface area contributed by atoms with E-state index in [9.17, 15) is 19.4 Å². The molecule has 0 aliphatic heterocycles. The molecule has 160 valence electrons. The van der Waals surface area contributed by atoms with E-state index >= 15 is 0 Å². The molecular weight excluding hydrogens is 397 g/mol. The number of carbonyl (C=O) groups is 1. The molecule has 1 aromatic heterocycles. The Bertz CT molecular complexity index is 1280. The van der Waals surface area contributed by atoms with Crippen LogP contribution in [0.5, 0.6) is 0 Å². The van der Waals surface area contributed by atoms with Crippen molar-refractivity contribution in [2.75, 3.05) is 0 Å². The number of rotatable bonds is 8. The predicted molar refractivity (Wildman–Crippen MR) is 117 cm³/mol. The van der Waals surface area contributed by atoms with Crippen molar-refractivity contribution in [1.29, 1.82) is 0 Å². The average Bonchev–Trinajstić information content (AvgIpc) is 3.19. The molecule has 0 saturated heterocycles. The first-order valence-corrected chi connectivity index (χ1v) is 9.88. The number of carboxylic acid groups (broad SMARTS) is 1. The van der Waals surface area contributed by atoms with Gasteiger partial charge >= 0.3 is 5.97 Å². The van der Waals surface area contributed by atoms with Gasteiger partial charge in [-0.2, -0.15) is 0 Å². The van der Waals surface area contributed by atoms with Crippen molar-refractivity contribution < 1.29 is 30.0 Å². The minimum Gasteiger partial charge on any atom is -0.481 e. The molecule has 3 aromatic rings. The summed E-state index contributed by atoms with van der Waals surface area (Å²) in [5.41, 5.74) is 2.19. The summed E-state index contributed by atoms with van der Waals surface area (Å²) in [5, 5.41) is 29.7. The van der Waals surface area contributed by atoms with Gasteiger partial charge in [-0.25, -0.2) is 4.39 Å². The molecule has 3 N–H and O–H groups in total. The van der Waals surface area contributed by atoms with Gasteiger partial charge in [-0.15, -0.1) is 0 Å². The van der Waals surface area contributed by atoms with Crippen molar-refractivity contribution in [1.82, 2.24) is 4.98 Å². The molecule has 1 heterocycles. The van der Waals surface area contributed by atoms with Gasteiger partial charge in [0, 0.05) is 34.3 Å². The van der Waals surface area contributed by atoms with Crippen LogP contribution in [-0.2, 0) is 4.79 Å². The quantitative estimate of drug-likeness (QED) is 0.494. The SMILES string of the molecule is [2H]C1([2H])C(c2nc3ccccc3c(-c3ccc(F)cc3)c2/C=C/[C@@H](O)C[C@@H](O)CC(=O)O)C1([2H])[2H]. The Labute approximate surface area is 185 Å². The molecule has 1 saturated carbocycles. The van der Waals surface area contributed by atoms with Crippen molar-refractivity contribution in [3.05, 3.63) is 71.7 Å². The Morgan fingerprint density at radius 1 is 1.19 bits per heavy atom. The molecule has 6 heteroatoms. The van der Waals surface area contributed by atoms with E-state index in [-0.39, 0.29) is 12.1 Å². The van der Waals surface area contributed by atoms with Crippen LogP contribution in [0.2, 0.25) is 0 Å². The van der Waals surface area contributed by atoms with Crippen LogP contribution in [0.1, 0.15) is 48.2 Å². The highest BCUT2D eigenvalue weighted by Gasteiger charge is 2.29. The van der Waals surface area contributed by atoms with Crippen molar-refractivity contribution in [3.63, 3.8) is 0 Å². The number of aliphatic hydroxyl groups is 2. The third-order valence-corrected chi connectivity index (χ3v) is 5.06. The van der Waals surface area contributed by atoms with E-state index in [1.165, 1.54) is 24.3 Å². The first-order valence-electron chi connectivity index (χ1n) is 11.9. The number of hydrogen-bond acceptors (Lipinski definition) is 4. The van der Waals surface area contributed by atoms with Crippen LogP contribution >= 0.6 is 0 Å². The summed E-state index contributed by atoms with van der Waals surface area (Å²) >= 11 is 0. The zero-order chi connectivity index (χ0) is 25.5. The summed E-state index contributed by atoms with van der Waals surface area (Å²) in [6, 6.07) is 12.7. The first-order chi connectivity index (χ1) is 16.4. The molecule has 1 fully saturated rings. The number of benzene rings is 2. The highest BCUT2D eigenvalue weighted by Crippen LogP contribution is 2.45. The second-order valence-corrected chi connectivity index (χ2v) is 7.45. The third-order valence-electron chi connectivity index (χ3n) is 5.06. The average molecular weight is 425 g/mol. The van der Waals surface area contributed by atoms with Crippen molar-refractivity contribution >= 4 is 22.9 Å². The molecular formula is C25H24FNO4. The lowest BCUT2D eigenvalue weighted by Gasteiger charge is -2.16. The van der Waals surface area contributed by atoms with E-state index in [1.54, 1.807) is 36.4 Å². The lowest BCUT2D eigenvalue weighted by Crippen LogP contribution is -2.19. The second kappa shape index (κ2) is 8.96. The summed E-state index contributed by atoms with van der Waals surface area (Å²) in [7, 11) is 0. The molecule has 2 aromatic carbocycles. The normalized spacial score (nSPS) is 21.1. The van der Waals surface area contributed by atoms with E-state index < -0.39 is 49.1 Å². The van der Waals surface area contributed by atoms with Gasteiger partial charge < -0.3 is 15.3 Å². The summed E-state index contributed by atoms with van der Waals surface area (Å²) in [5.74, 6) is -2.82. The Hall–Kier alpha value is -3.09. The van der Waals surface area contributed by atoms with Crippen LogP contribution in [0.15, 0.2) is 54.6 Å². The molecule has 31 heavy (non-hydrogen) atoms. The Balaban J connectivity index is 1.89. The summed E-state index contributed by atoms with van der Waals surface area (Å²) in [6.45, 7) is 0. The number of para-hydroxylation sites is 1. The maximum absolute atomic E-state index is 13.7. The summed E-state index contributed by atoms with van der Waals surface area (Å²) in [4.78, 5) is 15.4. The highest BCUT2D eigenvalue weighted by molar-refractivity contribution is 5.99. The first kappa shape index (κ1) is 16.6. The van der Waals surface area contributed by atoms with Gasteiger partial charge in [0.15, 0.2) is 0 Å². The van der Waals surface area contributed by atoms with Crippen molar-refractivity contribution in [2.24, 2.45) is 0 Å². The number of hydrogen-bond donors (Lipinski definition) is 3. The van der Waals surface area contributed by atoms with E-state index in [1.807, 2.05) is 0 Å². The molecule has 0 amide bonds. The minimum atomic E-state index is -2.17. The van der Waals surface area contributed by atoms with Crippen molar-refractivity contribution in [3.8, 4) is 11.1 Å². The van der Waals surface area contributed by atoms with Crippen LogP contribution in [0.4, 0.5) is 4.39 Å². The fourth-order valence-electron chi connectivity index (χ4n) is 3.59. The van der Waals surface area contributed by atoms with Gasteiger partial charge in [-0.1, -0.05) is 42.5 Å². The largest absolute Gasteiger partial charge is 0.481 e. The molecule has 5 nitrogen and oxygen atoms in total. The van der Waals surface area contributed by atoms with Crippen LogP contribution in [0.3, 0.4) is 0 Å². The molecule has 1 aliphatic rings. The van der Waals surface area contributed by atoms with Gasteiger partial charge in [-0.3, -0.25) is 9.78 Å². The number of aliphatic hydroxyl groups excluding tert-OH is 2. The van der Waals surface area contributed by atoms with Crippen LogP contribution in [0, 0.1) is 5.82 Å². The predicted octanol–water partition coefficient (Wildman–Crippen LogP) is 4.52. The molecule has 1 aliphatic carbocycles. The van der Waals surface area contributed by atoms with E-state index in [4.69, 9.17) is 10.6 Å². The molecule has 0 bridgehead atoms. The minimum absolute atomic E-state index is 0.160. The topological polar surface area (TPSA) is 90.7 Å². The number of halogens is 1. The van der Waals surface area contributed by atoms with E-state index in [0.29, 0.717) is 27.6 Å². The zero-order valence-electron chi connectivity index (χ0n) is 20.5. The Morgan fingerprint density at radius 3 is 2.58 bits per heavy atom. The molecule has 2 atom stereocenters. The van der Waals surface area contributed by atoms with Crippen LogP contribution in [0.25, 0.3) is 28.1 Å². The number of carboxylic acids is 1. The van der Waals surface area contributed by atoms with Crippen molar-refractivity contribution in [2.45, 2.75) is 43.7 Å². The summed E-state index contributed by atoms with van der Waals surface area (Å²) in [6.07, 6.45) is -4.78. The van der Waals surface area contributed by atoms with Gasteiger partial charge in [0.2, 0.25) is 0 Å². The molecule has 0 radical (unpaired) electrons. The molecule has 0 unspecified atom stereocenters. The second-order valence-electron chi connectivity index (χ2n) is 7.45. The third kappa shape index (κ3) is 4.98. The number of fused-ring (bicyclic) bond motifs is 1. The lowest BCUT2D eigenvalue weighted by atomic mass is 9.92. The Morgan fingerprint density at radius 2 is 1.90 bits per heavy atom. The molecule has 0 spiro atoms. The smallest absolute Gasteiger partial charge is 0.305 e. The maximum atomic E-state index is 13.7. The number of aromatic nitrogens is 1. The zero-order valence-corrected chi connectivity index (χ0v) is 16.5. The standard InChI is InChI=1S/C25H24FNO4/c26-17-9-7-15(8-10-17)24-20-3-1-2-4-22(20)27-25(16-5-6-16)21(24)12-11-18(28)13-19(29)14-23(30)31/h1-4,7-12,16,18-19,28-29H,5-6,13-14H2,(H,30,31)/b12-11+/t18-,19-/m1/s1/i5D2,6D2. The monoisotopic (exact) mass is 425 g/mol. The fourth-order valence-corrected chi connectivity index (χ4v) is 3.59. The number of aliphatic carboxylic acids is 1. The van der Waals surface area contributed by atoms with Gasteiger partial charge in [0.05, 0.1) is 29.8 Å². The maximum Gasteiger partial charge on any atom is 0.305 e. The summed E-state index contributed by atoms with van der Waals surface area (Å²) < 4.78 is 46.4. The Kier molecular flexibility index (Phi) is 4.79. The van der Waals surface area contributed by atoms with Crippen LogP contribution in [-0.4, -0.2) is 38.5 Å². The number of nitrogens with zero attached hydrogens (tertiary/aromatic N) is 1.